The summed E-state index contributed by atoms with van der Waals surface area (Å²) in [5.41, 5.74) is 0.0365. The van der Waals surface area contributed by atoms with Crippen LogP contribution in [-0.2, 0) is 0 Å². The Morgan fingerprint density at radius 3 is 2.32 bits per heavy atom. The number of rotatable bonds is 3. The van der Waals surface area contributed by atoms with Gasteiger partial charge in [0.25, 0.3) is 0 Å². The minimum absolute atomic E-state index is 0.0365. The molecule has 0 heterocycles. The van der Waals surface area contributed by atoms with E-state index in [1.165, 1.54) is 6.07 Å². The lowest BCUT2D eigenvalue weighted by molar-refractivity contribution is 0.0854. The van der Waals surface area contributed by atoms with Crippen LogP contribution >= 0.6 is 0 Å². The van der Waals surface area contributed by atoms with Crippen LogP contribution < -0.4 is 0 Å². The Morgan fingerprint density at radius 1 is 1.16 bits per heavy atom. The highest BCUT2D eigenvalue weighted by Crippen LogP contribution is 2.35. The average Bonchev–Trinajstić information content (AvgIpc) is 2.38. The van der Waals surface area contributed by atoms with Gasteiger partial charge in [-0.2, -0.15) is 0 Å². The van der Waals surface area contributed by atoms with Crippen LogP contribution in [0.1, 0.15) is 49.9 Å². The highest BCUT2D eigenvalue weighted by Gasteiger charge is 2.29. The number of Topliss-reactive ketones (excluding diaryl/α,β-unsaturated/α-hetero) is 1. The summed E-state index contributed by atoms with van der Waals surface area (Å²) in [5.74, 6) is -0.344. The van der Waals surface area contributed by atoms with E-state index in [9.17, 15) is 13.6 Å². The first-order chi connectivity index (χ1) is 8.99. The van der Waals surface area contributed by atoms with Gasteiger partial charge in [-0.25, -0.2) is 8.78 Å². The molecule has 0 saturated heterocycles. The van der Waals surface area contributed by atoms with E-state index in [1.54, 1.807) is 0 Å². The molecule has 3 heteroatoms. The molecule has 0 amide bonds. The number of carbonyl (C=O) groups excluding carboxylic acids is 1. The molecule has 0 radical (unpaired) electrons. The summed E-state index contributed by atoms with van der Waals surface area (Å²) in [4.78, 5) is 12.2. The van der Waals surface area contributed by atoms with E-state index in [1.807, 2.05) is 0 Å². The Labute approximate surface area is 113 Å². The summed E-state index contributed by atoms with van der Waals surface area (Å²) in [6.07, 6.45) is 3.69. The van der Waals surface area contributed by atoms with Gasteiger partial charge in [0.05, 0.1) is 5.56 Å². The molecular formula is C16H20F2O. The number of benzene rings is 1. The molecule has 104 valence electrons. The molecule has 2 rings (SSSR count). The summed E-state index contributed by atoms with van der Waals surface area (Å²) in [6.45, 7) is 4.40. The Kier molecular flexibility index (Phi) is 4.33. The van der Waals surface area contributed by atoms with Crippen molar-refractivity contribution in [2.24, 2.45) is 17.8 Å². The fraction of sp³-hybridized carbons (Fsp3) is 0.562. The van der Waals surface area contributed by atoms with Gasteiger partial charge in [-0.1, -0.05) is 13.8 Å². The molecule has 0 spiro atoms. The van der Waals surface area contributed by atoms with Crippen molar-refractivity contribution in [1.82, 2.24) is 0 Å². The van der Waals surface area contributed by atoms with E-state index in [4.69, 9.17) is 0 Å². The fourth-order valence-electron chi connectivity index (χ4n) is 2.96. The summed E-state index contributed by atoms with van der Waals surface area (Å²) in [5, 5.41) is 0. The first-order valence-corrected chi connectivity index (χ1v) is 6.98. The maximum Gasteiger partial charge on any atom is 0.168 e. The van der Waals surface area contributed by atoms with Crippen molar-refractivity contribution >= 4 is 5.78 Å². The summed E-state index contributed by atoms with van der Waals surface area (Å²) >= 11 is 0. The zero-order valence-electron chi connectivity index (χ0n) is 11.5. The van der Waals surface area contributed by atoms with E-state index >= 15 is 0 Å². The topological polar surface area (TPSA) is 17.1 Å². The first kappa shape index (κ1) is 14.2. The lowest BCUT2D eigenvalue weighted by atomic mass is 9.75. The number of carbonyl (C=O) groups is 1. The van der Waals surface area contributed by atoms with Gasteiger partial charge in [0.1, 0.15) is 11.6 Å². The molecule has 1 nitrogen and oxygen atoms in total. The van der Waals surface area contributed by atoms with Crippen molar-refractivity contribution in [3.05, 3.63) is 35.4 Å². The summed E-state index contributed by atoms with van der Waals surface area (Å²) in [7, 11) is 0. The van der Waals surface area contributed by atoms with Gasteiger partial charge in [0.2, 0.25) is 0 Å². The normalized spacial score (nSPS) is 23.6. The zero-order chi connectivity index (χ0) is 14.0. The molecule has 0 N–H and O–H groups in total. The van der Waals surface area contributed by atoms with Crippen molar-refractivity contribution in [2.75, 3.05) is 0 Å². The van der Waals surface area contributed by atoms with Crippen LogP contribution in [0.4, 0.5) is 8.78 Å². The van der Waals surface area contributed by atoms with E-state index in [0.717, 1.165) is 37.8 Å². The van der Waals surface area contributed by atoms with Crippen LogP contribution in [0.15, 0.2) is 18.2 Å². The minimum atomic E-state index is -0.740. The summed E-state index contributed by atoms with van der Waals surface area (Å²) in [6, 6.07) is 3.20. The molecule has 1 aromatic rings. The second kappa shape index (κ2) is 5.81. The maximum atomic E-state index is 13.6. The largest absolute Gasteiger partial charge is 0.294 e. The Bertz CT molecular complexity index is 460. The van der Waals surface area contributed by atoms with Crippen molar-refractivity contribution in [2.45, 2.75) is 39.5 Å². The minimum Gasteiger partial charge on any atom is -0.294 e. The molecule has 0 aromatic heterocycles. The Balaban J connectivity index is 2.05. The third kappa shape index (κ3) is 3.20. The van der Waals surface area contributed by atoms with E-state index in [2.05, 4.69) is 13.8 Å². The summed E-state index contributed by atoms with van der Waals surface area (Å²) < 4.78 is 26.4. The SMILES string of the molecule is CC(C)C1CCC(C(=O)c2ccc(F)cc2F)CC1. The molecule has 1 aliphatic rings. The number of hydrogen-bond acceptors (Lipinski definition) is 1. The van der Waals surface area contributed by atoms with Gasteiger partial charge in [0.15, 0.2) is 5.78 Å². The van der Waals surface area contributed by atoms with E-state index < -0.39 is 11.6 Å². The molecule has 1 saturated carbocycles. The number of halogens is 2. The van der Waals surface area contributed by atoms with Crippen molar-refractivity contribution in [3.8, 4) is 0 Å². The van der Waals surface area contributed by atoms with Gasteiger partial charge < -0.3 is 0 Å². The zero-order valence-corrected chi connectivity index (χ0v) is 11.5. The third-order valence-corrected chi connectivity index (χ3v) is 4.28. The molecule has 0 bridgehead atoms. The molecule has 0 aliphatic heterocycles. The average molecular weight is 266 g/mol. The molecule has 1 fully saturated rings. The predicted octanol–water partition coefficient (Wildman–Crippen LogP) is 4.61. The Hall–Kier alpha value is -1.25. The van der Waals surface area contributed by atoms with Crippen LogP contribution in [0, 0.1) is 29.4 Å². The molecule has 19 heavy (non-hydrogen) atoms. The number of hydrogen-bond donors (Lipinski definition) is 0. The van der Waals surface area contributed by atoms with E-state index in [-0.39, 0.29) is 17.3 Å². The van der Waals surface area contributed by atoms with E-state index in [0.29, 0.717) is 11.8 Å². The van der Waals surface area contributed by atoms with Gasteiger partial charge in [-0.15, -0.1) is 0 Å². The van der Waals surface area contributed by atoms with Crippen LogP contribution in [0.5, 0.6) is 0 Å². The molecule has 0 unspecified atom stereocenters. The molecular weight excluding hydrogens is 246 g/mol. The van der Waals surface area contributed by atoms with Crippen molar-refractivity contribution in [1.29, 1.82) is 0 Å². The first-order valence-electron chi connectivity index (χ1n) is 6.98. The Morgan fingerprint density at radius 2 is 1.79 bits per heavy atom. The smallest absolute Gasteiger partial charge is 0.168 e. The number of ketones is 1. The maximum absolute atomic E-state index is 13.6. The van der Waals surface area contributed by atoms with Crippen LogP contribution in [0.3, 0.4) is 0 Å². The monoisotopic (exact) mass is 266 g/mol. The van der Waals surface area contributed by atoms with Crippen LogP contribution in [0.25, 0.3) is 0 Å². The lowest BCUT2D eigenvalue weighted by Crippen LogP contribution is -2.24. The van der Waals surface area contributed by atoms with Crippen molar-refractivity contribution in [3.63, 3.8) is 0 Å². The van der Waals surface area contributed by atoms with Gasteiger partial charge in [-0.05, 0) is 49.7 Å². The lowest BCUT2D eigenvalue weighted by Gasteiger charge is -2.30. The second-order valence-corrected chi connectivity index (χ2v) is 5.84. The quantitative estimate of drug-likeness (QED) is 0.730. The molecule has 1 aliphatic carbocycles. The molecule has 0 atom stereocenters. The van der Waals surface area contributed by atoms with Gasteiger partial charge in [-0.3, -0.25) is 4.79 Å². The second-order valence-electron chi connectivity index (χ2n) is 5.84. The third-order valence-electron chi connectivity index (χ3n) is 4.28. The van der Waals surface area contributed by atoms with Crippen LogP contribution in [0.2, 0.25) is 0 Å². The predicted molar refractivity (Wildman–Crippen MR) is 71.0 cm³/mol. The standard InChI is InChI=1S/C16H20F2O/c1-10(2)11-3-5-12(6-4-11)16(19)14-8-7-13(17)9-15(14)18/h7-12H,3-6H2,1-2H3. The van der Waals surface area contributed by atoms with Crippen LogP contribution in [-0.4, -0.2) is 5.78 Å². The van der Waals surface area contributed by atoms with Crippen molar-refractivity contribution < 1.29 is 13.6 Å². The fourth-order valence-corrected chi connectivity index (χ4v) is 2.96. The molecule has 1 aromatic carbocycles. The highest BCUT2D eigenvalue weighted by molar-refractivity contribution is 5.98. The van der Waals surface area contributed by atoms with Gasteiger partial charge >= 0.3 is 0 Å². The van der Waals surface area contributed by atoms with Gasteiger partial charge in [0, 0.05) is 12.0 Å². The highest BCUT2D eigenvalue weighted by atomic mass is 19.1.